The van der Waals surface area contributed by atoms with Gasteiger partial charge in [-0.05, 0) is 37.5 Å². The number of aliphatic hydroxyl groups excluding tert-OH is 1. The molecule has 0 aliphatic carbocycles. The molecule has 0 aliphatic rings. The maximum Gasteiger partial charge on any atom is 0.0704 e. The van der Waals surface area contributed by atoms with Gasteiger partial charge in [0.15, 0.2) is 0 Å². The highest BCUT2D eigenvalue weighted by Gasteiger charge is 2.02. The van der Waals surface area contributed by atoms with E-state index in [9.17, 15) is 5.11 Å². The van der Waals surface area contributed by atoms with E-state index in [-0.39, 0.29) is 6.10 Å². The number of aryl methyl sites for hydroxylation is 1. The minimum absolute atomic E-state index is 0.239. The number of fused-ring (bicyclic) bond motifs is 1. The second-order valence-electron chi connectivity index (χ2n) is 3.87. The van der Waals surface area contributed by atoms with Gasteiger partial charge in [0, 0.05) is 11.6 Å². The zero-order valence-corrected chi connectivity index (χ0v) is 8.85. The molecule has 0 bridgehead atoms. The summed E-state index contributed by atoms with van der Waals surface area (Å²) in [6, 6.07) is 10.1. The van der Waals surface area contributed by atoms with Gasteiger partial charge in [-0.25, -0.2) is 0 Å². The molecule has 1 atom stereocenters. The molecule has 0 radical (unpaired) electrons. The van der Waals surface area contributed by atoms with Crippen LogP contribution in [0.2, 0.25) is 0 Å². The molecule has 0 saturated heterocycles. The van der Waals surface area contributed by atoms with E-state index in [0.29, 0.717) is 0 Å². The standard InChI is InChI=1S/C13H15NO/c1-10(15)6-7-11-8-9-14-13-5-3-2-4-12(11)13/h2-5,8-10,15H,6-7H2,1H3/t10-/m1/s1. The van der Waals surface area contributed by atoms with Crippen molar-refractivity contribution in [3.05, 3.63) is 42.1 Å². The van der Waals surface area contributed by atoms with Crippen molar-refractivity contribution >= 4 is 10.9 Å². The molecule has 0 unspecified atom stereocenters. The first-order valence-corrected chi connectivity index (χ1v) is 5.28. The molecule has 1 heterocycles. The number of para-hydroxylation sites is 1. The van der Waals surface area contributed by atoms with E-state index >= 15 is 0 Å². The van der Waals surface area contributed by atoms with Crippen LogP contribution < -0.4 is 0 Å². The molecule has 2 rings (SSSR count). The number of aliphatic hydroxyl groups is 1. The van der Waals surface area contributed by atoms with Gasteiger partial charge in [-0.2, -0.15) is 0 Å². The highest BCUT2D eigenvalue weighted by Crippen LogP contribution is 2.17. The molecular weight excluding hydrogens is 186 g/mol. The first-order chi connectivity index (χ1) is 7.27. The van der Waals surface area contributed by atoms with Crippen LogP contribution in [0.4, 0.5) is 0 Å². The summed E-state index contributed by atoms with van der Waals surface area (Å²) in [5, 5.41) is 10.5. The van der Waals surface area contributed by atoms with E-state index in [2.05, 4.69) is 11.1 Å². The van der Waals surface area contributed by atoms with Crippen molar-refractivity contribution in [2.45, 2.75) is 25.9 Å². The topological polar surface area (TPSA) is 33.1 Å². The van der Waals surface area contributed by atoms with Gasteiger partial charge < -0.3 is 5.11 Å². The lowest BCUT2D eigenvalue weighted by molar-refractivity contribution is 0.185. The fourth-order valence-corrected chi connectivity index (χ4v) is 1.74. The number of benzene rings is 1. The quantitative estimate of drug-likeness (QED) is 0.827. The van der Waals surface area contributed by atoms with Crippen molar-refractivity contribution in [2.24, 2.45) is 0 Å². The molecule has 2 aromatic rings. The lowest BCUT2D eigenvalue weighted by atomic mass is 10.0. The molecule has 1 aromatic heterocycles. The second-order valence-corrected chi connectivity index (χ2v) is 3.87. The Balaban J connectivity index is 2.34. The minimum atomic E-state index is -0.239. The largest absolute Gasteiger partial charge is 0.393 e. The van der Waals surface area contributed by atoms with Crippen LogP contribution in [0.5, 0.6) is 0 Å². The summed E-state index contributed by atoms with van der Waals surface area (Å²) in [7, 11) is 0. The minimum Gasteiger partial charge on any atom is -0.393 e. The Kier molecular flexibility index (Phi) is 2.97. The summed E-state index contributed by atoms with van der Waals surface area (Å²) in [5.41, 5.74) is 2.29. The molecule has 0 saturated carbocycles. The predicted molar refractivity (Wildman–Crippen MR) is 61.7 cm³/mol. The average molecular weight is 201 g/mol. The molecule has 0 amide bonds. The fraction of sp³-hybridized carbons (Fsp3) is 0.308. The Morgan fingerprint density at radius 2 is 2.07 bits per heavy atom. The number of hydrogen-bond donors (Lipinski definition) is 1. The van der Waals surface area contributed by atoms with E-state index in [0.717, 1.165) is 18.4 Å². The molecule has 1 N–H and O–H groups in total. The van der Waals surface area contributed by atoms with Crippen LogP contribution in [0.25, 0.3) is 10.9 Å². The van der Waals surface area contributed by atoms with Crippen molar-refractivity contribution in [1.82, 2.24) is 4.98 Å². The molecule has 2 heteroatoms. The first-order valence-electron chi connectivity index (χ1n) is 5.28. The number of rotatable bonds is 3. The van der Waals surface area contributed by atoms with Crippen LogP contribution in [-0.2, 0) is 6.42 Å². The Morgan fingerprint density at radius 1 is 1.27 bits per heavy atom. The molecular formula is C13H15NO. The van der Waals surface area contributed by atoms with E-state index in [1.165, 1.54) is 10.9 Å². The summed E-state index contributed by atoms with van der Waals surface area (Å²) in [6.45, 7) is 1.82. The van der Waals surface area contributed by atoms with Crippen molar-refractivity contribution in [1.29, 1.82) is 0 Å². The molecule has 1 aromatic carbocycles. The third-order valence-corrected chi connectivity index (χ3v) is 2.57. The van der Waals surface area contributed by atoms with E-state index < -0.39 is 0 Å². The Labute approximate surface area is 89.6 Å². The molecule has 0 spiro atoms. The summed E-state index contributed by atoms with van der Waals surface area (Å²) in [6.07, 6.45) is 3.30. The summed E-state index contributed by atoms with van der Waals surface area (Å²) >= 11 is 0. The maximum atomic E-state index is 9.27. The average Bonchev–Trinajstić information content (AvgIpc) is 2.26. The Hall–Kier alpha value is -1.41. The SMILES string of the molecule is C[C@@H](O)CCc1ccnc2ccccc12. The number of hydrogen-bond acceptors (Lipinski definition) is 2. The van der Waals surface area contributed by atoms with Gasteiger partial charge in [0.05, 0.1) is 11.6 Å². The van der Waals surface area contributed by atoms with Crippen molar-refractivity contribution in [3.8, 4) is 0 Å². The molecule has 2 nitrogen and oxygen atoms in total. The first kappa shape index (κ1) is 10.1. The van der Waals surface area contributed by atoms with Gasteiger partial charge >= 0.3 is 0 Å². The Bertz CT molecular complexity index is 446. The summed E-state index contributed by atoms with van der Waals surface area (Å²) in [5.74, 6) is 0. The van der Waals surface area contributed by atoms with Crippen molar-refractivity contribution in [3.63, 3.8) is 0 Å². The van der Waals surface area contributed by atoms with Gasteiger partial charge in [0.1, 0.15) is 0 Å². The molecule has 0 aliphatic heterocycles. The van der Waals surface area contributed by atoms with Crippen molar-refractivity contribution < 1.29 is 5.11 Å². The van der Waals surface area contributed by atoms with Gasteiger partial charge in [-0.1, -0.05) is 18.2 Å². The summed E-state index contributed by atoms with van der Waals surface area (Å²) < 4.78 is 0. The lowest BCUT2D eigenvalue weighted by Gasteiger charge is -2.07. The van der Waals surface area contributed by atoms with Gasteiger partial charge in [0.2, 0.25) is 0 Å². The normalized spacial score (nSPS) is 12.9. The van der Waals surface area contributed by atoms with Crippen LogP contribution in [0, 0.1) is 0 Å². The van der Waals surface area contributed by atoms with Gasteiger partial charge in [0.25, 0.3) is 0 Å². The number of pyridine rings is 1. The predicted octanol–water partition coefficient (Wildman–Crippen LogP) is 2.55. The Morgan fingerprint density at radius 3 is 2.87 bits per heavy atom. The zero-order chi connectivity index (χ0) is 10.7. The fourth-order valence-electron chi connectivity index (χ4n) is 1.74. The van der Waals surface area contributed by atoms with Crippen LogP contribution in [0.3, 0.4) is 0 Å². The highest BCUT2D eigenvalue weighted by molar-refractivity contribution is 5.81. The van der Waals surface area contributed by atoms with E-state index in [4.69, 9.17) is 0 Å². The zero-order valence-electron chi connectivity index (χ0n) is 8.85. The van der Waals surface area contributed by atoms with Crippen LogP contribution >= 0.6 is 0 Å². The second kappa shape index (κ2) is 4.41. The van der Waals surface area contributed by atoms with E-state index in [1.54, 1.807) is 0 Å². The number of aromatic nitrogens is 1. The maximum absolute atomic E-state index is 9.27. The van der Waals surface area contributed by atoms with Crippen molar-refractivity contribution in [2.75, 3.05) is 0 Å². The van der Waals surface area contributed by atoms with E-state index in [1.807, 2.05) is 37.4 Å². The third kappa shape index (κ3) is 2.34. The summed E-state index contributed by atoms with van der Waals surface area (Å²) in [4.78, 5) is 4.31. The molecule has 78 valence electrons. The van der Waals surface area contributed by atoms with Crippen LogP contribution in [0.15, 0.2) is 36.5 Å². The monoisotopic (exact) mass is 201 g/mol. The molecule has 15 heavy (non-hydrogen) atoms. The number of nitrogens with zero attached hydrogens (tertiary/aromatic N) is 1. The van der Waals surface area contributed by atoms with Crippen LogP contribution in [0.1, 0.15) is 18.9 Å². The molecule has 0 fully saturated rings. The van der Waals surface area contributed by atoms with Crippen LogP contribution in [-0.4, -0.2) is 16.2 Å². The van der Waals surface area contributed by atoms with Gasteiger partial charge in [-0.15, -0.1) is 0 Å². The third-order valence-electron chi connectivity index (χ3n) is 2.57. The van der Waals surface area contributed by atoms with Gasteiger partial charge in [-0.3, -0.25) is 4.98 Å². The smallest absolute Gasteiger partial charge is 0.0704 e. The lowest BCUT2D eigenvalue weighted by Crippen LogP contribution is -2.01. The highest BCUT2D eigenvalue weighted by atomic mass is 16.3.